The minimum atomic E-state index is -0.208. The first kappa shape index (κ1) is 18.8. The molecule has 1 aliphatic rings. The standard InChI is InChI=1S/C24H28N2O2/c1-16-12-13-22-20(14-16)19-10-7-11-21(24(19)26(22)15-23(27)28-3)25-17(2)18-8-5-4-6-9-18/h4-6,8-9,12-14,17,21,25H,7,10-11,15H2,1-3H3/t17-,21+/m0/s1. The topological polar surface area (TPSA) is 43.3 Å². The molecule has 0 bridgehead atoms. The maximum absolute atomic E-state index is 12.2. The third kappa shape index (κ3) is 3.45. The summed E-state index contributed by atoms with van der Waals surface area (Å²) in [6, 6.07) is 17.5. The fourth-order valence-corrected chi connectivity index (χ4v) is 4.50. The summed E-state index contributed by atoms with van der Waals surface area (Å²) < 4.78 is 7.16. The zero-order valence-electron chi connectivity index (χ0n) is 16.9. The van der Waals surface area contributed by atoms with Gasteiger partial charge in [0.2, 0.25) is 0 Å². The van der Waals surface area contributed by atoms with Gasteiger partial charge in [0.05, 0.1) is 7.11 Å². The lowest BCUT2D eigenvalue weighted by Crippen LogP contribution is -2.30. The Bertz CT molecular complexity index is 991. The first-order valence-electron chi connectivity index (χ1n) is 10.1. The van der Waals surface area contributed by atoms with Gasteiger partial charge in [-0.2, -0.15) is 0 Å². The zero-order valence-corrected chi connectivity index (χ0v) is 16.9. The number of hydrogen-bond donors (Lipinski definition) is 1. The Morgan fingerprint density at radius 1 is 1.25 bits per heavy atom. The van der Waals surface area contributed by atoms with Crippen molar-refractivity contribution < 1.29 is 9.53 Å². The van der Waals surface area contributed by atoms with E-state index in [-0.39, 0.29) is 24.6 Å². The van der Waals surface area contributed by atoms with Gasteiger partial charge >= 0.3 is 5.97 Å². The van der Waals surface area contributed by atoms with Crippen molar-refractivity contribution in [1.29, 1.82) is 0 Å². The number of nitrogens with zero attached hydrogens (tertiary/aromatic N) is 1. The van der Waals surface area contributed by atoms with Gasteiger partial charge in [-0.25, -0.2) is 0 Å². The molecule has 1 aromatic heterocycles. The van der Waals surface area contributed by atoms with E-state index in [9.17, 15) is 4.79 Å². The van der Waals surface area contributed by atoms with E-state index in [0.717, 1.165) is 24.8 Å². The lowest BCUT2D eigenvalue weighted by molar-refractivity contribution is -0.141. The summed E-state index contributed by atoms with van der Waals surface area (Å²) >= 11 is 0. The third-order valence-electron chi connectivity index (χ3n) is 5.88. The average molecular weight is 377 g/mol. The Hall–Kier alpha value is -2.59. The monoisotopic (exact) mass is 376 g/mol. The van der Waals surface area contributed by atoms with E-state index in [1.54, 1.807) is 0 Å². The van der Waals surface area contributed by atoms with Crippen LogP contribution in [0.15, 0.2) is 48.5 Å². The van der Waals surface area contributed by atoms with Crippen molar-refractivity contribution in [3.8, 4) is 0 Å². The van der Waals surface area contributed by atoms with Crippen LogP contribution < -0.4 is 5.32 Å². The molecule has 0 fully saturated rings. The van der Waals surface area contributed by atoms with Gasteiger partial charge in [-0.1, -0.05) is 42.0 Å². The highest BCUT2D eigenvalue weighted by Crippen LogP contribution is 2.39. The predicted molar refractivity (Wildman–Crippen MR) is 112 cm³/mol. The summed E-state index contributed by atoms with van der Waals surface area (Å²) in [5, 5.41) is 5.10. The second-order valence-corrected chi connectivity index (χ2v) is 7.79. The number of aromatic nitrogens is 1. The van der Waals surface area contributed by atoms with Crippen LogP contribution in [0, 0.1) is 6.92 Å². The molecule has 28 heavy (non-hydrogen) atoms. The molecule has 1 aliphatic carbocycles. The Labute approximate surface area is 166 Å². The molecule has 146 valence electrons. The SMILES string of the molecule is COC(=O)Cn1c2c(c3cc(C)ccc31)CCC[C@H]2N[C@@H](C)c1ccccc1. The van der Waals surface area contributed by atoms with Gasteiger partial charge in [0.25, 0.3) is 0 Å². The van der Waals surface area contributed by atoms with Crippen LogP contribution in [0.3, 0.4) is 0 Å². The number of methoxy groups -OCH3 is 1. The molecule has 1 heterocycles. The smallest absolute Gasteiger partial charge is 0.325 e. The molecule has 1 N–H and O–H groups in total. The highest BCUT2D eigenvalue weighted by molar-refractivity contribution is 5.88. The van der Waals surface area contributed by atoms with Gasteiger partial charge in [0.15, 0.2) is 0 Å². The maximum Gasteiger partial charge on any atom is 0.325 e. The molecule has 0 unspecified atom stereocenters. The van der Waals surface area contributed by atoms with Gasteiger partial charge in [0, 0.05) is 28.7 Å². The molecule has 4 heteroatoms. The molecular weight excluding hydrogens is 348 g/mol. The van der Waals surface area contributed by atoms with Crippen molar-refractivity contribution in [2.24, 2.45) is 0 Å². The maximum atomic E-state index is 12.2. The number of carbonyl (C=O) groups is 1. The van der Waals surface area contributed by atoms with Gasteiger partial charge in [-0.05, 0) is 56.4 Å². The summed E-state index contributed by atoms with van der Waals surface area (Å²) in [6.45, 7) is 4.59. The molecule has 2 atom stereocenters. The summed E-state index contributed by atoms with van der Waals surface area (Å²) in [7, 11) is 1.46. The molecule has 0 saturated carbocycles. The van der Waals surface area contributed by atoms with Gasteiger partial charge in [0.1, 0.15) is 6.54 Å². The van der Waals surface area contributed by atoms with Crippen LogP contribution in [0.25, 0.3) is 10.9 Å². The summed E-state index contributed by atoms with van der Waals surface area (Å²) in [4.78, 5) is 12.2. The van der Waals surface area contributed by atoms with E-state index < -0.39 is 0 Å². The number of fused-ring (bicyclic) bond motifs is 3. The van der Waals surface area contributed by atoms with Crippen LogP contribution in [-0.4, -0.2) is 17.6 Å². The number of nitrogens with one attached hydrogen (secondary N) is 1. The molecule has 0 spiro atoms. The van der Waals surface area contributed by atoms with Crippen LogP contribution in [0.5, 0.6) is 0 Å². The molecular formula is C24H28N2O2. The van der Waals surface area contributed by atoms with Crippen LogP contribution >= 0.6 is 0 Å². The molecule has 2 aromatic carbocycles. The van der Waals surface area contributed by atoms with E-state index in [1.165, 1.54) is 34.9 Å². The molecule has 0 radical (unpaired) electrons. The summed E-state index contributed by atoms with van der Waals surface area (Å²) in [5.41, 5.74) is 6.29. The van der Waals surface area contributed by atoms with Crippen LogP contribution in [0.2, 0.25) is 0 Å². The van der Waals surface area contributed by atoms with E-state index in [1.807, 2.05) is 6.07 Å². The van der Waals surface area contributed by atoms with Crippen molar-refractivity contribution in [3.63, 3.8) is 0 Å². The van der Waals surface area contributed by atoms with E-state index in [0.29, 0.717) is 0 Å². The number of benzene rings is 2. The number of aryl methyl sites for hydroxylation is 2. The van der Waals surface area contributed by atoms with Crippen molar-refractivity contribution in [2.45, 2.75) is 51.7 Å². The van der Waals surface area contributed by atoms with Crippen molar-refractivity contribution in [3.05, 3.63) is 70.9 Å². The van der Waals surface area contributed by atoms with Crippen LogP contribution in [0.4, 0.5) is 0 Å². The Morgan fingerprint density at radius 2 is 2.04 bits per heavy atom. The fraction of sp³-hybridized carbons (Fsp3) is 0.375. The lowest BCUT2D eigenvalue weighted by Gasteiger charge is -2.29. The second-order valence-electron chi connectivity index (χ2n) is 7.79. The Morgan fingerprint density at radius 3 is 2.79 bits per heavy atom. The van der Waals surface area contributed by atoms with E-state index >= 15 is 0 Å². The van der Waals surface area contributed by atoms with Crippen molar-refractivity contribution in [2.75, 3.05) is 7.11 Å². The number of carbonyl (C=O) groups excluding carboxylic acids is 1. The predicted octanol–water partition coefficient (Wildman–Crippen LogP) is 4.85. The fourth-order valence-electron chi connectivity index (χ4n) is 4.50. The Kier molecular flexibility index (Phi) is 5.23. The van der Waals surface area contributed by atoms with Gasteiger partial charge in [-0.15, -0.1) is 0 Å². The first-order valence-corrected chi connectivity index (χ1v) is 10.1. The second kappa shape index (κ2) is 7.80. The average Bonchev–Trinajstić information content (AvgIpc) is 3.02. The third-order valence-corrected chi connectivity index (χ3v) is 5.88. The number of ether oxygens (including phenoxy) is 1. The quantitative estimate of drug-likeness (QED) is 0.647. The summed E-state index contributed by atoms with van der Waals surface area (Å²) in [6.07, 6.45) is 3.28. The van der Waals surface area contributed by atoms with Crippen molar-refractivity contribution >= 4 is 16.9 Å². The highest BCUT2D eigenvalue weighted by Gasteiger charge is 2.29. The van der Waals surface area contributed by atoms with Crippen LogP contribution in [0.1, 0.15) is 54.2 Å². The van der Waals surface area contributed by atoms with E-state index in [4.69, 9.17) is 4.74 Å². The van der Waals surface area contributed by atoms with E-state index in [2.05, 4.69) is 66.2 Å². The molecule has 0 saturated heterocycles. The Balaban J connectivity index is 1.78. The van der Waals surface area contributed by atoms with Crippen molar-refractivity contribution in [1.82, 2.24) is 9.88 Å². The first-order chi connectivity index (χ1) is 13.6. The number of esters is 1. The number of hydrogen-bond acceptors (Lipinski definition) is 3. The molecule has 4 nitrogen and oxygen atoms in total. The van der Waals surface area contributed by atoms with Gasteiger partial charge < -0.3 is 14.6 Å². The summed E-state index contributed by atoms with van der Waals surface area (Å²) in [5.74, 6) is -0.208. The minimum Gasteiger partial charge on any atom is -0.468 e. The molecule has 4 rings (SSSR count). The zero-order chi connectivity index (χ0) is 19.7. The highest BCUT2D eigenvalue weighted by atomic mass is 16.5. The van der Waals surface area contributed by atoms with Gasteiger partial charge in [-0.3, -0.25) is 4.79 Å². The van der Waals surface area contributed by atoms with Crippen LogP contribution in [-0.2, 0) is 22.5 Å². The minimum absolute atomic E-state index is 0.208. The lowest BCUT2D eigenvalue weighted by atomic mass is 9.90. The molecule has 3 aromatic rings. The molecule has 0 aliphatic heterocycles. The largest absolute Gasteiger partial charge is 0.468 e. The number of rotatable bonds is 5. The normalized spacial score (nSPS) is 17.3. The molecule has 0 amide bonds.